The van der Waals surface area contributed by atoms with Crippen molar-refractivity contribution in [1.82, 2.24) is 49.5 Å². The molecule has 0 radical (unpaired) electrons. The van der Waals surface area contributed by atoms with Gasteiger partial charge in [-0.05, 0) is 114 Å². The van der Waals surface area contributed by atoms with Crippen LogP contribution in [0.2, 0.25) is 51.4 Å². The van der Waals surface area contributed by atoms with E-state index >= 15 is 0 Å². The summed E-state index contributed by atoms with van der Waals surface area (Å²) in [7, 11) is 5.42. The Morgan fingerprint density at radius 2 is 0.850 bits per heavy atom. The van der Waals surface area contributed by atoms with Gasteiger partial charge in [0.05, 0.1) is 106 Å². The molecule has 0 bridgehead atoms. The first-order valence-corrected chi connectivity index (χ1v) is 45.9. The van der Waals surface area contributed by atoms with Gasteiger partial charge in [0, 0.05) is 160 Å². The van der Waals surface area contributed by atoms with Gasteiger partial charge in [-0.3, -0.25) is 4.99 Å². The highest BCUT2D eigenvalue weighted by Crippen LogP contribution is 2.39. The van der Waals surface area contributed by atoms with E-state index in [1.807, 2.05) is 70.4 Å². The summed E-state index contributed by atoms with van der Waals surface area (Å²) in [5.41, 5.74) is 14.4. The number of aromatic nitrogens is 10. The normalized spacial score (nSPS) is 14.2. The van der Waals surface area contributed by atoms with Crippen LogP contribution in [0.5, 0.6) is 35.3 Å². The van der Waals surface area contributed by atoms with Gasteiger partial charge in [-0.2, -0.15) is 25.1 Å². The van der Waals surface area contributed by atoms with Crippen LogP contribution in [0.15, 0.2) is 155 Å². The molecule has 0 aliphatic carbocycles. The molecule has 12 heterocycles. The van der Waals surface area contributed by atoms with E-state index in [-0.39, 0.29) is 11.3 Å². The third-order valence-corrected chi connectivity index (χ3v) is 23.3. The van der Waals surface area contributed by atoms with Crippen molar-refractivity contribution in [1.29, 1.82) is 0 Å². The number of halogens is 1. The Morgan fingerprint density at radius 1 is 0.434 bits per heavy atom. The molecule has 8 aromatic heterocycles. The van der Waals surface area contributed by atoms with Gasteiger partial charge in [0.25, 0.3) is 0 Å². The first-order chi connectivity index (χ1) is 54.7. The summed E-state index contributed by atoms with van der Waals surface area (Å²) in [6.07, 6.45) is 5.59. The van der Waals surface area contributed by atoms with Crippen molar-refractivity contribution in [3.8, 4) is 80.0 Å². The van der Waals surface area contributed by atoms with Crippen LogP contribution >= 0.6 is 15.9 Å². The number of anilines is 3. The lowest BCUT2D eigenvalue weighted by Crippen LogP contribution is -2.36. The van der Waals surface area contributed by atoms with Crippen molar-refractivity contribution < 1.29 is 62.2 Å². The van der Waals surface area contributed by atoms with Crippen LogP contribution in [0.4, 0.5) is 17.5 Å². The fourth-order valence-electron chi connectivity index (χ4n) is 13.1. The summed E-state index contributed by atoms with van der Waals surface area (Å²) in [5.74, 6) is 5.46. The minimum absolute atomic E-state index is 0.148. The molecule has 113 heavy (non-hydrogen) atoms. The molecule has 0 saturated carbocycles. The Balaban J connectivity index is 0.000000146. The van der Waals surface area contributed by atoms with E-state index in [4.69, 9.17) is 77.3 Å². The molecule has 3 saturated heterocycles. The molecule has 0 amide bonds. The molecule has 0 spiro atoms. The topological polar surface area (TPSA) is 277 Å². The van der Waals surface area contributed by atoms with Gasteiger partial charge >= 0.3 is 7.12 Å². The summed E-state index contributed by atoms with van der Waals surface area (Å²) >= 11 is 3.61. The van der Waals surface area contributed by atoms with E-state index in [9.17, 15) is 0 Å². The van der Waals surface area contributed by atoms with E-state index in [0.717, 1.165) is 196 Å². The van der Waals surface area contributed by atoms with Crippen LogP contribution in [0.3, 0.4) is 0 Å². The molecule has 11 aromatic rings. The summed E-state index contributed by atoms with van der Waals surface area (Å²) in [5, 5.41) is 29.9. The second kappa shape index (κ2) is 38.7. The molecule has 0 unspecified atom stereocenters. The van der Waals surface area contributed by atoms with Gasteiger partial charge in [-0.25, -0.2) is 24.3 Å². The van der Waals surface area contributed by atoms with Gasteiger partial charge in [0.1, 0.15) is 42.3 Å². The number of ether oxygens (including phenoxy) is 11. The van der Waals surface area contributed by atoms with Gasteiger partial charge in [0.15, 0.2) is 0 Å². The predicted octanol–water partition coefficient (Wildman–Crippen LogP) is 12.5. The zero-order chi connectivity index (χ0) is 79.6. The van der Waals surface area contributed by atoms with E-state index in [1.54, 1.807) is 28.4 Å². The SMILES string of the molecule is COc1ccc(-c2ccc3c(c2)C(c2ccnc(N4CCOCC4)c2)=NC3)c(OC)n1.COc1ccc(-c2ccc3c(c2)c(-c2ccnc(N4CCOCC4)c2)nn3COCC[Si](C)(C)C)c(OC)n1.COc1ccc(B(O)O)c(OC)n1.C[Si](C)(C)CCOCn1nc(-c2ccnc(N3CCOCC3)c2)c2cc(Br)ccc21. The van der Waals surface area contributed by atoms with Crippen molar-refractivity contribution in [2.24, 2.45) is 4.99 Å². The number of morpholine rings is 3. The number of nitrogens with zero attached hydrogens (tertiary/aromatic N) is 14. The molecule has 27 nitrogen and oxygen atoms in total. The molecule has 4 aliphatic rings. The first-order valence-electron chi connectivity index (χ1n) is 37.7. The Kier molecular flexibility index (Phi) is 28.3. The van der Waals surface area contributed by atoms with Crippen molar-refractivity contribution in [2.75, 3.05) is 149 Å². The zero-order valence-electron chi connectivity index (χ0n) is 66.4. The average molecular weight is 1640 g/mol. The maximum atomic E-state index is 8.89. The van der Waals surface area contributed by atoms with Crippen LogP contribution in [-0.4, -0.2) is 223 Å². The standard InChI is InChI=1S/C29H37N5O4Si.C24H24N4O3.C22H29BrN4O2Si.C7H10BNO4/c1-35-27-9-7-23(29(31-27)36-2)21-6-8-25-24(18-21)28(32-34(25)20-38-16-17-39(3,4)5)22-10-11-30-26(19-22)33-12-14-37-15-13-33;1-29-22-6-5-19(24(27-22)30-2)16-3-4-18-15-26-23(20(18)13-16)17-7-8-25-21(14-17)28-9-11-31-12-10-28;1-30(2,3)13-12-29-16-27-20-5-4-18(23)15-19(20)22(25-27)17-6-7-24-21(14-17)26-8-10-28-11-9-26;1-12-6-4-3-5(8(10)11)7(9-6)13-2/h6-11,18-19H,12-17,20H2,1-5H3;3-8,13-14H,9-12,15H2,1-2H3;4-7,14-15H,8-13,16H2,1-3H3;3-4,10-11H,1-2H3. The van der Waals surface area contributed by atoms with Crippen molar-refractivity contribution in [2.45, 2.75) is 71.4 Å². The number of rotatable bonds is 25. The molecule has 3 aromatic carbocycles. The fourth-order valence-corrected chi connectivity index (χ4v) is 15.0. The van der Waals surface area contributed by atoms with E-state index in [2.05, 4.69) is 173 Å². The maximum Gasteiger partial charge on any atom is 0.494 e. The highest BCUT2D eigenvalue weighted by atomic mass is 79.9. The second-order valence-electron chi connectivity index (χ2n) is 29.5. The minimum Gasteiger partial charge on any atom is -0.481 e. The Bertz CT molecular complexity index is 5050. The molecular formula is C82H100BBrN14O13Si2. The van der Waals surface area contributed by atoms with Gasteiger partial charge < -0.3 is 76.9 Å². The molecule has 4 aliphatic heterocycles. The third-order valence-electron chi connectivity index (χ3n) is 19.4. The fraction of sp³-hybridized carbons (Fsp3) is 0.378. The first kappa shape index (κ1) is 82.5. The molecule has 15 rings (SSSR count). The number of pyridine rings is 6. The number of methoxy groups -OCH3 is 6. The molecule has 31 heteroatoms. The summed E-state index contributed by atoms with van der Waals surface area (Å²) in [4.78, 5) is 38.2. The Labute approximate surface area is 670 Å². The molecule has 2 N–H and O–H groups in total. The molecule has 3 fully saturated rings. The van der Waals surface area contributed by atoms with Gasteiger partial charge in [-0.15, -0.1) is 0 Å². The number of hydrogen-bond donors (Lipinski definition) is 2. The summed E-state index contributed by atoms with van der Waals surface area (Å²) in [6.45, 7) is 26.7. The molecule has 594 valence electrons. The van der Waals surface area contributed by atoms with Crippen LogP contribution in [-0.2, 0) is 43.7 Å². The number of benzene rings is 3. The lowest BCUT2D eigenvalue weighted by molar-refractivity contribution is 0.0818. The zero-order valence-corrected chi connectivity index (χ0v) is 70.0. The highest BCUT2D eigenvalue weighted by Gasteiger charge is 2.26. The van der Waals surface area contributed by atoms with Crippen LogP contribution in [0.1, 0.15) is 16.7 Å². The second-order valence-corrected chi connectivity index (χ2v) is 41.6. The summed E-state index contributed by atoms with van der Waals surface area (Å²) < 4.78 is 64.8. The van der Waals surface area contributed by atoms with Crippen molar-refractivity contribution in [3.05, 3.63) is 167 Å². The minimum atomic E-state index is -1.59. The van der Waals surface area contributed by atoms with Crippen molar-refractivity contribution >= 4 is 89.6 Å². The largest absolute Gasteiger partial charge is 0.494 e. The number of fused-ring (bicyclic) bond motifs is 3. The maximum absolute atomic E-state index is 8.89. The Morgan fingerprint density at radius 3 is 1.30 bits per heavy atom. The molecular weight excluding hydrogens is 1540 g/mol. The highest BCUT2D eigenvalue weighted by molar-refractivity contribution is 9.10. The van der Waals surface area contributed by atoms with E-state index in [0.29, 0.717) is 62.6 Å². The van der Waals surface area contributed by atoms with Gasteiger partial charge in [0.2, 0.25) is 35.3 Å². The number of aliphatic imine (C=N–C) groups is 1. The number of hydrogen-bond acceptors (Lipinski definition) is 25. The Hall–Kier alpha value is -9.93. The predicted molar refractivity (Wildman–Crippen MR) is 451 cm³/mol. The van der Waals surface area contributed by atoms with Crippen molar-refractivity contribution in [3.63, 3.8) is 0 Å². The quantitative estimate of drug-likeness (QED) is 0.0397. The van der Waals surface area contributed by atoms with Crippen LogP contribution in [0, 0.1) is 0 Å². The monoisotopic (exact) mass is 1630 g/mol. The molecule has 0 atom stereocenters. The third kappa shape index (κ3) is 21.3. The summed E-state index contributed by atoms with van der Waals surface area (Å²) in [6, 6.07) is 44.3. The smallest absolute Gasteiger partial charge is 0.481 e. The van der Waals surface area contributed by atoms with Gasteiger partial charge in [-0.1, -0.05) is 79.5 Å². The lowest BCUT2D eigenvalue weighted by Gasteiger charge is -2.28. The average Bonchev–Trinajstić information content (AvgIpc) is 1.63. The van der Waals surface area contributed by atoms with Crippen LogP contribution in [0.25, 0.3) is 66.6 Å². The lowest BCUT2D eigenvalue weighted by atomic mass is 9.81. The van der Waals surface area contributed by atoms with E-state index < -0.39 is 23.3 Å². The van der Waals surface area contributed by atoms with E-state index in [1.165, 1.54) is 31.9 Å². The van der Waals surface area contributed by atoms with Crippen LogP contribution < -0.4 is 48.6 Å².